The van der Waals surface area contributed by atoms with Crippen molar-refractivity contribution >= 4 is 29.9 Å². The van der Waals surface area contributed by atoms with Gasteiger partial charge in [-0.3, -0.25) is 4.99 Å². The highest BCUT2D eigenvalue weighted by Crippen LogP contribution is 2.31. The molecule has 0 bridgehead atoms. The molecule has 0 aliphatic rings. The zero-order valence-electron chi connectivity index (χ0n) is 13.7. The van der Waals surface area contributed by atoms with Crippen LogP contribution in [0.1, 0.15) is 12.0 Å². The van der Waals surface area contributed by atoms with Gasteiger partial charge in [0.15, 0.2) is 5.96 Å². The second kappa shape index (κ2) is 12.2. The van der Waals surface area contributed by atoms with Crippen LogP contribution in [0.2, 0.25) is 0 Å². The van der Waals surface area contributed by atoms with Gasteiger partial charge in [-0.2, -0.15) is 13.2 Å². The van der Waals surface area contributed by atoms with Crippen molar-refractivity contribution in [2.75, 3.05) is 40.5 Å². The minimum atomic E-state index is -4.37. The van der Waals surface area contributed by atoms with Crippen molar-refractivity contribution in [3.05, 3.63) is 29.8 Å². The molecular weight excluding hydrogens is 438 g/mol. The van der Waals surface area contributed by atoms with E-state index in [0.717, 1.165) is 18.6 Å². The largest absolute Gasteiger partial charge is 0.492 e. The van der Waals surface area contributed by atoms with Gasteiger partial charge < -0.3 is 20.1 Å². The Bertz CT molecular complexity index is 499. The van der Waals surface area contributed by atoms with Crippen LogP contribution in [0.5, 0.6) is 5.75 Å². The Labute approximate surface area is 157 Å². The van der Waals surface area contributed by atoms with Gasteiger partial charge in [-0.05, 0) is 24.6 Å². The van der Waals surface area contributed by atoms with Gasteiger partial charge in [-0.1, -0.05) is 6.07 Å². The van der Waals surface area contributed by atoms with Gasteiger partial charge in [-0.25, -0.2) is 0 Å². The molecule has 0 aliphatic heterocycles. The van der Waals surface area contributed by atoms with Crippen LogP contribution in [-0.4, -0.2) is 46.4 Å². The summed E-state index contributed by atoms with van der Waals surface area (Å²) in [6.07, 6.45) is -3.52. The maximum Gasteiger partial charge on any atom is 0.416 e. The maximum atomic E-state index is 12.6. The number of hydrogen-bond acceptors (Lipinski definition) is 3. The second-order valence-electron chi connectivity index (χ2n) is 4.65. The molecule has 5 nitrogen and oxygen atoms in total. The van der Waals surface area contributed by atoms with Crippen molar-refractivity contribution in [2.45, 2.75) is 12.6 Å². The fourth-order valence-corrected chi connectivity index (χ4v) is 1.74. The number of methoxy groups -OCH3 is 1. The Morgan fingerprint density at radius 2 is 1.88 bits per heavy atom. The van der Waals surface area contributed by atoms with Crippen LogP contribution in [0.15, 0.2) is 29.3 Å². The molecule has 24 heavy (non-hydrogen) atoms. The average molecular weight is 461 g/mol. The lowest BCUT2D eigenvalue weighted by Gasteiger charge is -2.13. The molecule has 1 rings (SSSR count). The zero-order valence-corrected chi connectivity index (χ0v) is 16.0. The first-order chi connectivity index (χ1) is 11.0. The summed E-state index contributed by atoms with van der Waals surface area (Å²) in [6, 6.07) is 4.81. The van der Waals surface area contributed by atoms with Crippen molar-refractivity contribution in [3.63, 3.8) is 0 Å². The standard InChI is InChI=1S/C15H22F3N3O2.HI/c1-19-14(20-7-4-9-22-2)21-8-10-23-13-6-3-5-12(11-13)15(16,17)18;/h3,5-6,11H,4,7-10H2,1-2H3,(H2,19,20,21);1H. The maximum absolute atomic E-state index is 12.6. The number of hydrogen-bond donors (Lipinski definition) is 2. The Balaban J connectivity index is 0.00000529. The van der Waals surface area contributed by atoms with E-state index in [1.54, 1.807) is 14.2 Å². The van der Waals surface area contributed by atoms with E-state index < -0.39 is 11.7 Å². The van der Waals surface area contributed by atoms with E-state index >= 15 is 0 Å². The first-order valence-corrected chi connectivity index (χ1v) is 7.21. The second-order valence-corrected chi connectivity index (χ2v) is 4.65. The molecular formula is C15H23F3IN3O2. The molecule has 0 unspecified atom stereocenters. The van der Waals surface area contributed by atoms with Gasteiger partial charge in [0.05, 0.1) is 12.1 Å². The molecule has 0 spiro atoms. The molecule has 0 aromatic heterocycles. The number of aliphatic imine (C=N–C) groups is 1. The quantitative estimate of drug-likeness (QED) is 0.271. The third-order valence-corrected chi connectivity index (χ3v) is 2.87. The van der Waals surface area contributed by atoms with E-state index in [0.29, 0.717) is 25.7 Å². The highest BCUT2D eigenvalue weighted by Gasteiger charge is 2.30. The molecule has 0 fully saturated rings. The number of halogens is 4. The summed E-state index contributed by atoms with van der Waals surface area (Å²) in [5.41, 5.74) is -0.724. The van der Waals surface area contributed by atoms with E-state index in [1.165, 1.54) is 12.1 Å². The molecule has 0 saturated carbocycles. The van der Waals surface area contributed by atoms with Crippen LogP contribution in [0.3, 0.4) is 0 Å². The number of guanidine groups is 1. The first kappa shape index (κ1) is 22.8. The molecule has 0 radical (unpaired) electrons. The summed E-state index contributed by atoms with van der Waals surface area (Å²) in [5.74, 6) is 0.790. The lowest BCUT2D eigenvalue weighted by atomic mass is 10.2. The molecule has 138 valence electrons. The fraction of sp³-hybridized carbons (Fsp3) is 0.533. The molecule has 9 heteroatoms. The van der Waals surface area contributed by atoms with Gasteiger partial charge in [0, 0.05) is 27.3 Å². The Morgan fingerprint density at radius 3 is 2.50 bits per heavy atom. The SMILES string of the molecule is CN=C(NCCCOC)NCCOc1cccc(C(F)(F)F)c1.I. The number of rotatable bonds is 8. The average Bonchev–Trinajstić information content (AvgIpc) is 2.53. The molecule has 0 heterocycles. The molecule has 1 aromatic carbocycles. The zero-order chi connectivity index (χ0) is 17.1. The van der Waals surface area contributed by atoms with Gasteiger partial charge in [0.2, 0.25) is 0 Å². The number of benzene rings is 1. The number of nitrogens with one attached hydrogen (secondary N) is 2. The highest BCUT2D eigenvalue weighted by molar-refractivity contribution is 14.0. The Kier molecular flexibility index (Phi) is 11.6. The molecule has 1 aromatic rings. The molecule has 0 amide bonds. The van der Waals surface area contributed by atoms with Gasteiger partial charge >= 0.3 is 6.18 Å². The van der Waals surface area contributed by atoms with Crippen molar-refractivity contribution < 1.29 is 22.6 Å². The van der Waals surface area contributed by atoms with Crippen LogP contribution >= 0.6 is 24.0 Å². The Hall–Kier alpha value is -1.23. The number of nitrogens with zero attached hydrogens (tertiary/aromatic N) is 1. The van der Waals surface area contributed by atoms with Crippen molar-refractivity contribution in [3.8, 4) is 5.75 Å². The number of ether oxygens (including phenoxy) is 2. The smallest absolute Gasteiger partial charge is 0.416 e. The summed E-state index contributed by atoms with van der Waals surface area (Å²) in [6.45, 7) is 2.00. The van der Waals surface area contributed by atoms with Crippen molar-refractivity contribution in [1.29, 1.82) is 0 Å². The normalized spacial score (nSPS) is 11.6. The topological polar surface area (TPSA) is 54.9 Å². The van der Waals surface area contributed by atoms with E-state index in [-0.39, 0.29) is 36.3 Å². The van der Waals surface area contributed by atoms with E-state index in [4.69, 9.17) is 9.47 Å². The third kappa shape index (κ3) is 9.16. The predicted octanol–water partition coefficient (Wildman–Crippen LogP) is 2.90. The fourth-order valence-electron chi connectivity index (χ4n) is 1.74. The summed E-state index contributed by atoms with van der Waals surface area (Å²) >= 11 is 0. The van der Waals surface area contributed by atoms with E-state index in [9.17, 15) is 13.2 Å². The lowest BCUT2D eigenvalue weighted by Crippen LogP contribution is -2.39. The number of alkyl halides is 3. The van der Waals surface area contributed by atoms with Crippen LogP contribution in [0.4, 0.5) is 13.2 Å². The van der Waals surface area contributed by atoms with Crippen LogP contribution < -0.4 is 15.4 Å². The third-order valence-electron chi connectivity index (χ3n) is 2.87. The Morgan fingerprint density at radius 1 is 1.17 bits per heavy atom. The van der Waals surface area contributed by atoms with Gasteiger partial charge in [0.1, 0.15) is 12.4 Å². The highest BCUT2D eigenvalue weighted by atomic mass is 127. The van der Waals surface area contributed by atoms with E-state index in [1.807, 2.05) is 0 Å². The van der Waals surface area contributed by atoms with Gasteiger partial charge in [-0.15, -0.1) is 24.0 Å². The van der Waals surface area contributed by atoms with Crippen LogP contribution in [-0.2, 0) is 10.9 Å². The molecule has 0 aliphatic carbocycles. The minimum Gasteiger partial charge on any atom is -0.492 e. The lowest BCUT2D eigenvalue weighted by molar-refractivity contribution is -0.137. The molecule has 0 atom stereocenters. The van der Waals surface area contributed by atoms with Crippen LogP contribution in [0.25, 0.3) is 0 Å². The van der Waals surface area contributed by atoms with E-state index in [2.05, 4.69) is 15.6 Å². The minimum absolute atomic E-state index is 0. The first-order valence-electron chi connectivity index (χ1n) is 7.21. The summed E-state index contributed by atoms with van der Waals surface area (Å²) in [7, 11) is 3.28. The molecule has 2 N–H and O–H groups in total. The summed E-state index contributed by atoms with van der Waals surface area (Å²) in [5, 5.41) is 6.10. The summed E-state index contributed by atoms with van der Waals surface area (Å²) in [4.78, 5) is 4.03. The van der Waals surface area contributed by atoms with Crippen LogP contribution in [0, 0.1) is 0 Å². The van der Waals surface area contributed by atoms with Gasteiger partial charge in [0.25, 0.3) is 0 Å². The van der Waals surface area contributed by atoms with Crippen molar-refractivity contribution in [1.82, 2.24) is 10.6 Å². The predicted molar refractivity (Wildman–Crippen MR) is 98.2 cm³/mol. The van der Waals surface area contributed by atoms with Crippen molar-refractivity contribution in [2.24, 2.45) is 4.99 Å². The summed E-state index contributed by atoms with van der Waals surface area (Å²) < 4.78 is 48.0. The molecule has 0 saturated heterocycles. The monoisotopic (exact) mass is 461 g/mol.